The molecule has 0 bridgehead atoms. The molecule has 0 aromatic heterocycles. The quantitative estimate of drug-likeness (QED) is 0.821. The van der Waals surface area contributed by atoms with Gasteiger partial charge in [0, 0.05) is 24.7 Å². The average molecular weight is 365 g/mol. The lowest BCUT2D eigenvalue weighted by Gasteiger charge is -2.21. The minimum atomic E-state index is -3.84. The highest BCUT2D eigenvalue weighted by atomic mass is 79.9. The maximum Gasteiger partial charge on any atom is 0.255 e. The first-order chi connectivity index (χ1) is 9.31. The van der Waals surface area contributed by atoms with Crippen LogP contribution in [-0.2, 0) is 14.8 Å². The van der Waals surface area contributed by atoms with E-state index in [2.05, 4.69) is 15.9 Å². The number of primary sulfonamides is 1. The Morgan fingerprint density at radius 3 is 2.60 bits per heavy atom. The normalized spacial score (nSPS) is 11.4. The van der Waals surface area contributed by atoms with Gasteiger partial charge in [0.1, 0.15) is 0 Å². The summed E-state index contributed by atoms with van der Waals surface area (Å²) in [6.07, 6.45) is 0. The number of rotatable bonds is 6. The van der Waals surface area contributed by atoms with E-state index in [4.69, 9.17) is 9.88 Å². The molecule has 6 nitrogen and oxygen atoms in total. The molecule has 0 saturated heterocycles. The summed E-state index contributed by atoms with van der Waals surface area (Å²) < 4.78 is 28.2. The average Bonchev–Trinajstić information content (AvgIpc) is 2.38. The Kier molecular flexibility index (Phi) is 6.12. The zero-order chi connectivity index (χ0) is 15.3. The summed E-state index contributed by atoms with van der Waals surface area (Å²) in [6, 6.07) is 4.12. The van der Waals surface area contributed by atoms with Crippen molar-refractivity contribution in [3.8, 4) is 0 Å². The SMILES string of the molecule is CCN(CCOC)C(=O)c1cc(S(N)(=O)=O)ccc1Br. The summed E-state index contributed by atoms with van der Waals surface area (Å²) in [5.41, 5.74) is 0.259. The molecule has 1 aromatic rings. The number of methoxy groups -OCH3 is 1. The second kappa shape index (κ2) is 7.16. The molecule has 0 aliphatic heterocycles. The summed E-state index contributed by atoms with van der Waals surface area (Å²) in [5, 5.41) is 5.08. The summed E-state index contributed by atoms with van der Waals surface area (Å²) >= 11 is 3.25. The van der Waals surface area contributed by atoms with Crippen molar-refractivity contribution in [1.29, 1.82) is 0 Å². The number of halogens is 1. The Labute approximate surface area is 127 Å². The molecular formula is C12H17BrN2O4S. The van der Waals surface area contributed by atoms with Gasteiger partial charge in [-0.1, -0.05) is 0 Å². The third-order valence-corrected chi connectivity index (χ3v) is 4.33. The highest BCUT2D eigenvalue weighted by molar-refractivity contribution is 9.10. The van der Waals surface area contributed by atoms with Crippen LogP contribution in [0, 0.1) is 0 Å². The van der Waals surface area contributed by atoms with Crippen molar-refractivity contribution >= 4 is 31.9 Å². The van der Waals surface area contributed by atoms with Gasteiger partial charge in [-0.3, -0.25) is 4.79 Å². The van der Waals surface area contributed by atoms with Crippen LogP contribution in [-0.4, -0.2) is 46.0 Å². The second-order valence-electron chi connectivity index (χ2n) is 4.06. The Bertz CT molecular complexity index is 589. The van der Waals surface area contributed by atoms with Gasteiger partial charge in [-0.05, 0) is 41.1 Å². The Morgan fingerprint density at radius 2 is 2.10 bits per heavy atom. The Balaban J connectivity index is 3.14. The van der Waals surface area contributed by atoms with Crippen molar-refractivity contribution < 1.29 is 17.9 Å². The van der Waals surface area contributed by atoms with E-state index in [-0.39, 0.29) is 16.4 Å². The van der Waals surface area contributed by atoms with Gasteiger partial charge in [-0.2, -0.15) is 0 Å². The van der Waals surface area contributed by atoms with Crippen LogP contribution in [0.4, 0.5) is 0 Å². The fourth-order valence-electron chi connectivity index (χ4n) is 1.62. The van der Waals surface area contributed by atoms with Crippen LogP contribution in [0.25, 0.3) is 0 Å². The molecule has 0 unspecified atom stereocenters. The minimum absolute atomic E-state index is 0.0909. The van der Waals surface area contributed by atoms with E-state index in [1.165, 1.54) is 18.2 Å². The number of hydrogen-bond donors (Lipinski definition) is 1. The molecule has 0 heterocycles. The van der Waals surface area contributed by atoms with Gasteiger partial charge >= 0.3 is 0 Å². The van der Waals surface area contributed by atoms with Gasteiger partial charge in [0.25, 0.3) is 5.91 Å². The Morgan fingerprint density at radius 1 is 1.45 bits per heavy atom. The van der Waals surface area contributed by atoms with Gasteiger partial charge in [-0.25, -0.2) is 13.6 Å². The third kappa shape index (κ3) is 4.27. The zero-order valence-electron chi connectivity index (χ0n) is 11.3. The van der Waals surface area contributed by atoms with Crippen molar-refractivity contribution in [2.45, 2.75) is 11.8 Å². The molecule has 20 heavy (non-hydrogen) atoms. The van der Waals surface area contributed by atoms with E-state index >= 15 is 0 Å². The van der Waals surface area contributed by atoms with Gasteiger partial charge in [0.15, 0.2) is 0 Å². The van der Waals surface area contributed by atoms with Crippen LogP contribution in [0.1, 0.15) is 17.3 Å². The standard InChI is InChI=1S/C12H17BrN2O4S/c1-3-15(6-7-19-2)12(16)10-8-9(20(14,17)18)4-5-11(10)13/h4-5,8H,3,6-7H2,1-2H3,(H2,14,17,18). The van der Waals surface area contributed by atoms with Crippen molar-refractivity contribution in [3.05, 3.63) is 28.2 Å². The fraction of sp³-hybridized carbons (Fsp3) is 0.417. The van der Waals surface area contributed by atoms with E-state index in [9.17, 15) is 13.2 Å². The molecule has 1 rings (SSSR count). The predicted molar refractivity (Wildman–Crippen MR) is 79.0 cm³/mol. The molecular weight excluding hydrogens is 348 g/mol. The first-order valence-electron chi connectivity index (χ1n) is 5.91. The minimum Gasteiger partial charge on any atom is -0.383 e. The molecule has 112 valence electrons. The smallest absolute Gasteiger partial charge is 0.255 e. The molecule has 0 saturated carbocycles. The monoisotopic (exact) mass is 364 g/mol. The molecule has 2 N–H and O–H groups in total. The van der Waals surface area contributed by atoms with Crippen LogP contribution in [0.3, 0.4) is 0 Å². The molecule has 0 radical (unpaired) electrons. The molecule has 0 aliphatic rings. The number of hydrogen-bond acceptors (Lipinski definition) is 4. The van der Waals surface area contributed by atoms with Crippen LogP contribution in [0.15, 0.2) is 27.6 Å². The van der Waals surface area contributed by atoms with Crippen LogP contribution in [0.5, 0.6) is 0 Å². The van der Waals surface area contributed by atoms with E-state index in [1.807, 2.05) is 6.92 Å². The molecule has 0 atom stereocenters. The fourth-order valence-corrected chi connectivity index (χ4v) is 2.58. The van der Waals surface area contributed by atoms with E-state index in [0.717, 1.165) is 0 Å². The maximum atomic E-state index is 12.4. The van der Waals surface area contributed by atoms with Gasteiger partial charge < -0.3 is 9.64 Å². The second-order valence-corrected chi connectivity index (χ2v) is 6.48. The number of ether oxygens (including phenoxy) is 1. The lowest BCUT2D eigenvalue weighted by Crippen LogP contribution is -2.34. The number of sulfonamides is 1. The summed E-state index contributed by atoms with van der Waals surface area (Å²) in [5.74, 6) is -0.276. The largest absolute Gasteiger partial charge is 0.383 e. The number of likely N-dealkylation sites (N-methyl/N-ethyl adjacent to an activating group) is 1. The lowest BCUT2D eigenvalue weighted by molar-refractivity contribution is 0.0705. The lowest BCUT2D eigenvalue weighted by atomic mass is 10.2. The topological polar surface area (TPSA) is 89.7 Å². The number of carbonyl (C=O) groups excluding carboxylic acids is 1. The van der Waals surface area contributed by atoms with E-state index < -0.39 is 10.0 Å². The summed E-state index contributed by atoms with van der Waals surface area (Å²) in [6.45, 7) is 3.17. The van der Waals surface area contributed by atoms with Crippen LogP contribution in [0.2, 0.25) is 0 Å². The summed E-state index contributed by atoms with van der Waals surface area (Å²) in [7, 11) is -2.29. The van der Waals surface area contributed by atoms with E-state index in [0.29, 0.717) is 24.2 Å². The zero-order valence-corrected chi connectivity index (χ0v) is 13.7. The molecule has 0 fully saturated rings. The summed E-state index contributed by atoms with van der Waals surface area (Å²) in [4.78, 5) is 13.9. The van der Waals surface area contributed by atoms with Crippen molar-refractivity contribution in [2.75, 3.05) is 26.8 Å². The molecule has 1 aromatic carbocycles. The van der Waals surface area contributed by atoms with Crippen LogP contribution < -0.4 is 5.14 Å². The number of carbonyl (C=O) groups is 1. The van der Waals surface area contributed by atoms with Crippen molar-refractivity contribution in [1.82, 2.24) is 4.90 Å². The highest BCUT2D eigenvalue weighted by Crippen LogP contribution is 2.22. The van der Waals surface area contributed by atoms with E-state index in [1.54, 1.807) is 12.0 Å². The van der Waals surface area contributed by atoms with Crippen molar-refractivity contribution in [3.63, 3.8) is 0 Å². The maximum absolute atomic E-state index is 12.4. The number of amides is 1. The third-order valence-electron chi connectivity index (χ3n) is 2.73. The molecule has 8 heteroatoms. The first-order valence-corrected chi connectivity index (χ1v) is 8.25. The van der Waals surface area contributed by atoms with Gasteiger partial charge in [0.2, 0.25) is 10.0 Å². The molecule has 1 amide bonds. The van der Waals surface area contributed by atoms with Gasteiger partial charge in [0.05, 0.1) is 17.1 Å². The van der Waals surface area contributed by atoms with Crippen LogP contribution >= 0.6 is 15.9 Å². The highest BCUT2D eigenvalue weighted by Gasteiger charge is 2.19. The van der Waals surface area contributed by atoms with Crippen molar-refractivity contribution in [2.24, 2.45) is 5.14 Å². The number of benzene rings is 1. The number of nitrogens with zero attached hydrogens (tertiary/aromatic N) is 1. The molecule has 0 aliphatic carbocycles. The Hall–Kier alpha value is -0.960. The molecule has 0 spiro atoms. The van der Waals surface area contributed by atoms with Gasteiger partial charge in [-0.15, -0.1) is 0 Å². The predicted octanol–water partition coefficient (Wildman–Crippen LogP) is 1.21. The first kappa shape index (κ1) is 17.1. The number of nitrogens with two attached hydrogens (primary N) is 1.